The number of nitrogens with one attached hydrogen (secondary N) is 1. The van der Waals surface area contributed by atoms with Gasteiger partial charge in [-0.2, -0.15) is 0 Å². The first kappa shape index (κ1) is 24.8. The monoisotopic (exact) mass is 478 g/mol. The number of hydrogen-bond donors (Lipinski definition) is 2. The van der Waals surface area contributed by atoms with Crippen molar-refractivity contribution in [3.8, 4) is 11.1 Å². The van der Waals surface area contributed by atoms with Crippen molar-refractivity contribution in [3.63, 3.8) is 0 Å². The van der Waals surface area contributed by atoms with Crippen LogP contribution in [0.3, 0.4) is 0 Å². The van der Waals surface area contributed by atoms with E-state index in [1.807, 2.05) is 38.1 Å². The summed E-state index contributed by atoms with van der Waals surface area (Å²) in [5, 5.41) is 12.4. The molecule has 0 unspecified atom stereocenters. The number of aliphatic carboxylic acids is 1. The molecule has 2 aromatic rings. The summed E-state index contributed by atoms with van der Waals surface area (Å²) in [6, 6.07) is 15.6. The molecule has 0 saturated carbocycles. The first-order chi connectivity index (χ1) is 16.9. The minimum absolute atomic E-state index is 0.0474. The largest absolute Gasteiger partial charge is 0.481 e. The van der Waals surface area contributed by atoms with E-state index in [1.165, 1.54) is 0 Å². The maximum Gasteiger partial charge on any atom is 0.407 e. The van der Waals surface area contributed by atoms with Gasteiger partial charge in [-0.15, -0.1) is 0 Å². The molecule has 186 valence electrons. The molecule has 0 radical (unpaired) electrons. The van der Waals surface area contributed by atoms with E-state index in [2.05, 4.69) is 29.6 Å². The van der Waals surface area contributed by atoms with Gasteiger partial charge in [-0.3, -0.25) is 9.59 Å². The van der Waals surface area contributed by atoms with Gasteiger partial charge in [-0.05, 0) is 47.9 Å². The van der Waals surface area contributed by atoms with Gasteiger partial charge in [-0.25, -0.2) is 4.79 Å². The van der Waals surface area contributed by atoms with Crippen molar-refractivity contribution in [1.82, 2.24) is 10.2 Å². The number of carbonyl (C=O) groups excluding carboxylic acids is 2. The number of carboxylic acid groups (broad SMARTS) is 1. The van der Waals surface area contributed by atoms with E-state index in [-0.39, 0.29) is 18.4 Å². The number of carbonyl (C=O) groups is 3. The van der Waals surface area contributed by atoms with E-state index in [1.54, 1.807) is 4.90 Å². The smallest absolute Gasteiger partial charge is 0.407 e. The van der Waals surface area contributed by atoms with Crippen molar-refractivity contribution in [2.45, 2.75) is 57.9 Å². The first-order valence-corrected chi connectivity index (χ1v) is 12.5. The zero-order valence-corrected chi connectivity index (χ0v) is 20.5. The summed E-state index contributed by atoms with van der Waals surface area (Å²) in [7, 11) is 0. The Morgan fingerprint density at radius 1 is 1.03 bits per heavy atom. The predicted molar refractivity (Wildman–Crippen MR) is 133 cm³/mol. The van der Waals surface area contributed by atoms with Crippen LogP contribution in [-0.4, -0.2) is 53.7 Å². The number of piperidine rings is 1. The molecule has 0 bridgehead atoms. The van der Waals surface area contributed by atoms with Crippen molar-refractivity contribution >= 4 is 18.0 Å². The third-order valence-corrected chi connectivity index (χ3v) is 7.67. The molecular formula is C28H34N2O5. The van der Waals surface area contributed by atoms with Crippen molar-refractivity contribution in [1.29, 1.82) is 0 Å². The summed E-state index contributed by atoms with van der Waals surface area (Å²) < 4.78 is 5.64. The zero-order chi connectivity index (χ0) is 25.0. The zero-order valence-electron chi connectivity index (χ0n) is 20.5. The third-order valence-electron chi connectivity index (χ3n) is 7.67. The van der Waals surface area contributed by atoms with Crippen LogP contribution in [0.1, 0.15) is 63.0 Å². The number of benzene rings is 2. The van der Waals surface area contributed by atoms with Crippen molar-refractivity contribution in [2.24, 2.45) is 5.41 Å². The number of carboxylic acids is 1. The summed E-state index contributed by atoms with van der Waals surface area (Å²) in [5.41, 5.74) is 3.82. The van der Waals surface area contributed by atoms with Crippen LogP contribution < -0.4 is 5.32 Å². The number of nitrogens with zero attached hydrogens (tertiary/aromatic N) is 1. The Balaban J connectivity index is 1.38. The van der Waals surface area contributed by atoms with Gasteiger partial charge in [0.15, 0.2) is 0 Å². The number of ether oxygens (including phenoxy) is 1. The second-order valence-electron chi connectivity index (χ2n) is 9.58. The van der Waals surface area contributed by atoms with Crippen LogP contribution >= 0.6 is 0 Å². The number of amides is 2. The molecule has 2 aromatic carbocycles. The number of hydrogen-bond acceptors (Lipinski definition) is 4. The quantitative estimate of drug-likeness (QED) is 0.568. The third kappa shape index (κ3) is 4.90. The lowest BCUT2D eigenvalue weighted by Gasteiger charge is -2.39. The highest BCUT2D eigenvalue weighted by Gasteiger charge is 2.41. The van der Waals surface area contributed by atoms with E-state index < -0.39 is 23.5 Å². The Bertz CT molecular complexity index is 1040. The van der Waals surface area contributed by atoms with E-state index in [0.29, 0.717) is 38.8 Å². The Kier molecular flexibility index (Phi) is 7.43. The number of alkyl carbamates (subject to hydrolysis) is 1. The highest BCUT2D eigenvalue weighted by molar-refractivity contribution is 5.86. The standard InChI is InChI=1S/C28H34N2O5/c1-3-9-24(25(31)30-16-14-28(4-2,15-17-30)26(32)33)29-27(34)35-18-23-21-12-7-5-10-19(21)20-11-6-8-13-22(20)23/h5-8,10-13,23-24H,3-4,9,14-18H2,1-2H3,(H,29,34)(H,32,33)/t24-/m0/s1. The maximum atomic E-state index is 13.2. The molecule has 2 amide bonds. The molecule has 2 aliphatic rings. The topological polar surface area (TPSA) is 95.9 Å². The van der Waals surface area contributed by atoms with E-state index in [0.717, 1.165) is 28.7 Å². The fraction of sp³-hybridized carbons (Fsp3) is 0.464. The van der Waals surface area contributed by atoms with Gasteiger partial charge in [0, 0.05) is 19.0 Å². The van der Waals surface area contributed by atoms with Gasteiger partial charge in [0.2, 0.25) is 5.91 Å². The number of fused-ring (bicyclic) bond motifs is 3. The van der Waals surface area contributed by atoms with Crippen LogP contribution in [0.5, 0.6) is 0 Å². The molecule has 1 saturated heterocycles. The summed E-state index contributed by atoms with van der Waals surface area (Å²) in [5.74, 6) is -1.02. The molecule has 35 heavy (non-hydrogen) atoms. The first-order valence-electron chi connectivity index (χ1n) is 12.5. The van der Waals surface area contributed by atoms with Crippen LogP contribution in [0.15, 0.2) is 48.5 Å². The minimum Gasteiger partial charge on any atom is -0.481 e. The second kappa shape index (κ2) is 10.5. The Morgan fingerprint density at radius 3 is 2.11 bits per heavy atom. The molecule has 0 spiro atoms. The molecule has 7 nitrogen and oxygen atoms in total. The molecule has 1 aliphatic heterocycles. The van der Waals surface area contributed by atoms with Gasteiger partial charge in [0.25, 0.3) is 0 Å². The molecular weight excluding hydrogens is 444 g/mol. The SMILES string of the molecule is CCC[C@H](NC(=O)OCC1c2ccccc2-c2ccccc21)C(=O)N1CCC(CC)(C(=O)O)CC1. The van der Waals surface area contributed by atoms with Crippen LogP contribution in [0.25, 0.3) is 11.1 Å². The van der Waals surface area contributed by atoms with Gasteiger partial charge in [-0.1, -0.05) is 68.8 Å². The minimum atomic E-state index is -0.797. The molecule has 0 aromatic heterocycles. The molecule has 1 aliphatic carbocycles. The molecule has 1 fully saturated rings. The fourth-order valence-electron chi connectivity index (χ4n) is 5.42. The van der Waals surface area contributed by atoms with E-state index in [9.17, 15) is 19.5 Å². The molecule has 1 heterocycles. The second-order valence-corrected chi connectivity index (χ2v) is 9.58. The lowest BCUT2D eigenvalue weighted by atomic mass is 9.76. The molecule has 7 heteroatoms. The van der Waals surface area contributed by atoms with Crippen LogP contribution in [-0.2, 0) is 14.3 Å². The molecule has 1 atom stereocenters. The van der Waals surface area contributed by atoms with Crippen molar-refractivity contribution < 1.29 is 24.2 Å². The van der Waals surface area contributed by atoms with Gasteiger partial charge < -0.3 is 20.1 Å². The van der Waals surface area contributed by atoms with Gasteiger partial charge in [0.1, 0.15) is 12.6 Å². The van der Waals surface area contributed by atoms with Crippen LogP contribution in [0, 0.1) is 5.41 Å². The maximum absolute atomic E-state index is 13.2. The van der Waals surface area contributed by atoms with E-state index >= 15 is 0 Å². The Morgan fingerprint density at radius 2 is 1.60 bits per heavy atom. The average molecular weight is 479 g/mol. The van der Waals surface area contributed by atoms with Gasteiger partial charge in [0.05, 0.1) is 5.41 Å². The summed E-state index contributed by atoms with van der Waals surface area (Å²) in [6.07, 6.45) is 2.01. The van der Waals surface area contributed by atoms with Crippen LogP contribution in [0.2, 0.25) is 0 Å². The highest BCUT2D eigenvalue weighted by Crippen LogP contribution is 2.44. The Hall–Kier alpha value is -3.35. The number of rotatable bonds is 8. The fourth-order valence-corrected chi connectivity index (χ4v) is 5.42. The summed E-state index contributed by atoms with van der Waals surface area (Å²) in [6.45, 7) is 4.79. The molecule has 4 rings (SSSR count). The van der Waals surface area contributed by atoms with Crippen LogP contribution in [0.4, 0.5) is 4.79 Å². The lowest BCUT2D eigenvalue weighted by Crippen LogP contribution is -2.53. The average Bonchev–Trinajstić information content (AvgIpc) is 3.20. The van der Waals surface area contributed by atoms with Crippen molar-refractivity contribution in [3.05, 3.63) is 59.7 Å². The Labute approximate surface area is 206 Å². The van der Waals surface area contributed by atoms with Gasteiger partial charge >= 0.3 is 12.1 Å². The van der Waals surface area contributed by atoms with Crippen molar-refractivity contribution in [2.75, 3.05) is 19.7 Å². The summed E-state index contributed by atoms with van der Waals surface area (Å²) in [4.78, 5) is 39.3. The lowest BCUT2D eigenvalue weighted by molar-refractivity contribution is -0.155. The normalized spacial score (nSPS) is 17.3. The predicted octanol–water partition coefficient (Wildman–Crippen LogP) is 4.80. The van der Waals surface area contributed by atoms with E-state index in [4.69, 9.17) is 4.74 Å². The highest BCUT2D eigenvalue weighted by atomic mass is 16.5. The number of likely N-dealkylation sites (tertiary alicyclic amines) is 1. The molecule has 2 N–H and O–H groups in total. The summed E-state index contributed by atoms with van der Waals surface area (Å²) >= 11 is 0.